The van der Waals surface area contributed by atoms with Crippen molar-refractivity contribution in [3.05, 3.63) is 28.7 Å². The van der Waals surface area contributed by atoms with E-state index in [0.717, 1.165) is 5.69 Å². The van der Waals surface area contributed by atoms with Crippen molar-refractivity contribution < 1.29 is 14.3 Å². The Kier molecular flexibility index (Phi) is 3.07. The van der Waals surface area contributed by atoms with E-state index >= 15 is 0 Å². The van der Waals surface area contributed by atoms with Gasteiger partial charge < -0.3 is 20.2 Å². The first kappa shape index (κ1) is 12.2. The molecule has 0 bridgehead atoms. The van der Waals surface area contributed by atoms with Gasteiger partial charge in [0.25, 0.3) is 0 Å². The number of nitrogens with zero attached hydrogens (tertiary/aromatic N) is 1. The van der Waals surface area contributed by atoms with E-state index in [-0.39, 0.29) is 6.54 Å². The SMILES string of the molecule is CN(CC(N)C(=O)O)c1ccc2oc(=O)[nH]c2c1. The predicted octanol–water partition coefficient (Wildman–Crippen LogP) is -0.0308. The number of hydrogen-bond donors (Lipinski definition) is 3. The van der Waals surface area contributed by atoms with Gasteiger partial charge in [0.1, 0.15) is 6.04 Å². The van der Waals surface area contributed by atoms with Crippen molar-refractivity contribution in [1.82, 2.24) is 4.98 Å². The van der Waals surface area contributed by atoms with Gasteiger partial charge in [-0.1, -0.05) is 0 Å². The summed E-state index contributed by atoms with van der Waals surface area (Å²) >= 11 is 0. The van der Waals surface area contributed by atoms with Crippen LogP contribution in [0, 0.1) is 0 Å². The first-order chi connectivity index (χ1) is 8.47. The minimum atomic E-state index is -1.06. The second kappa shape index (κ2) is 4.53. The summed E-state index contributed by atoms with van der Waals surface area (Å²) in [6.07, 6.45) is 0. The van der Waals surface area contributed by atoms with E-state index in [1.165, 1.54) is 0 Å². The fourth-order valence-corrected chi connectivity index (χ4v) is 1.66. The molecule has 2 aromatic rings. The lowest BCUT2D eigenvalue weighted by Gasteiger charge is -2.21. The Bertz CT molecular complexity index is 630. The molecule has 0 spiro atoms. The summed E-state index contributed by atoms with van der Waals surface area (Å²) in [4.78, 5) is 25.9. The van der Waals surface area contributed by atoms with Crippen LogP contribution in [-0.2, 0) is 4.79 Å². The van der Waals surface area contributed by atoms with Crippen molar-refractivity contribution in [3.63, 3.8) is 0 Å². The third kappa shape index (κ3) is 2.35. The molecular formula is C11H13N3O4. The zero-order valence-electron chi connectivity index (χ0n) is 9.71. The molecule has 0 saturated carbocycles. The van der Waals surface area contributed by atoms with Crippen LogP contribution in [0.2, 0.25) is 0 Å². The minimum Gasteiger partial charge on any atom is -0.480 e. The van der Waals surface area contributed by atoms with Crippen LogP contribution in [0.3, 0.4) is 0 Å². The smallest absolute Gasteiger partial charge is 0.417 e. The number of anilines is 1. The van der Waals surface area contributed by atoms with Gasteiger partial charge in [0, 0.05) is 19.3 Å². The van der Waals surface area contributed by atoms with Crippen LogP contribution in [0.1, 0.15) is 0 Å². The summed E-state index contributed by atoms with van der Waals surface area (Å²) < 4.78 is 4.87. The Hall–Kier alpha value is -2.28. The van der Waals surface area contributed by atoms with E-state index in [1.807, 2.05) is 0 Å². The zero-order chi connectivity index (χ0) is 13.3. The number of aliphatic carboxylic acids is 1. The molecule has 0 amide bonds. The number of aromatic nitrogens is 1. The summed E-state index contributed by atoms with van der Waals surface area (Å²) in [5.41, 5.74) is 7.22. The molecule has 0 aliphatic carbocycles. The number of hydrogen-bond acceptors (Lipinski definition) is 5. The standard InChI is InChI=1S/C11H13N3O4/c1-14(5-7(12)10(15)16)6-2-3-9-8(4-6)13-11(17)18-9/h2-4,7H,5,12H2,1H3,(H,13,17)(H,15,16). The predicted molar refractivity (Wildman–Crippen MR) is 65.7 cm³/mol. The highest BCUT2D eigenvalue weighted by molar-refractivity contribution is 5.78. The fraction of sp³-hybridized carbons (Fsp3) is 0.273. The number of benzene rings is 1. The molecule has 0 saturated heterocycles. The lowest BCUT2D eigenvalue weighted by atomic mass is 10.2. The largest absolute Gasteiger partial charge is 0.480 e. The van der Waals surface area contributed by atoms with Crippen molar-refractivity contribution in [3.8, 4) is 0 Å². The Morgan fingerprint density at radius 1 is 1.61 bits per heavy atom. The van der Waals surface area contributed by atoms with Gasteiger partial charge in [-0.25, -0.2) is 4.79 Å². The first-order valence-corrected chi connectivity index (χ1v) is 5.30. The highest BCUT2D eigenvalue weighted by Crippen LogP contribution is 2.19. The van der Waals surface area contributed by atoms with Gasteiger partial charge in [-0.05, 0) is 18.2 Å². The summed E-state index contributed by atoms with van der Waals surface area (Å²) in [5, 5.41) is 8.74. The van der Waals surface area contributed by atoms with E-state index in [2.05, 4.69) is 4.98 Å². The lowest BCUT2D eigenvalue weighted by Crippen LogP contribution is -2.41. The molecule has 0 fully saturated rings. The van der Waals surface area contributed by atoms with Crippen LogP contribution < -0.4 is 16.4 Å². The fourth-order valence-electron chi connectivity index (χ4n) is 1.66. The number of nitrogens with two attached hydrogens (primary N) is 1. The molecule has 0 aliphatic rings. The van der Waals surface area contributed by atoms with Gasteiger partial charge in [-0.15, -0.1) is 0 Å². The molecule has 1 heterocycles. The Labute approximate surface area is 102 Å². The molecule has 0 aliphatic heterocycles. The van der Waals surface area contributed by atoms with Crippen LogP contribution >= 0.6 is 0 Å². The Morgan fingerprint density at radius 2 is 2.33 bits per heavy atom. The van der Waals surface area contributed by atoms with Crippen molar-refractivity contribution in [2.24, 2.45) is 5.73 Å². The number of carbonyl (C=O) groups is 1. The normalized spacial score (nSPS) is 12.6. The third-order valence-corrected chi connectivity index (χ3v) is 2.63. The second-order valence-corrected chi connectivity index (χ2v) is 4.02. The van der Waals surface area contributed by atoms with E-state index in [0.29, 0.717) is 11.1 Å². The lowest BCUT2D eigenvalue weighted by molar-refractivity contribution is -0.138. The maximum atomic E-state index is 11.0. The highest BCUT2D eigenvalue weighted by atomic mass is 16.4. The van der Waals surface area contributed by atoms with Gasteiger partial charge in [0.2, 0.25) is 0 Å². The summed E-state index contributed by atoms with van der Waals surface area (Å²) in [5.74, 6) is -1.58. The molecule has 1 atom stereocenters. The monoisotopic (exact) mass is 251 g/mol. The van der Waals surface area contributed by atoms with Gasteiger partial charge in [0.15, 0.2) is 5.58 Å². The topological polar surface area (TPSA) is 113 Å². The summed E-state index contributed by atoms with van der Waals surface area (Å²) in [7, 11) is 1.72. The average molecular weight is 251 g/mol. The number of oxazole rings is 1. The van der Waals surface area contributed by atoms with E-state index < -0.39 is 17.8 Å². The molecule has 0 radical (unpaired) electrons. The number of aromatic amines is 1. The summed E-state index contributed by atoms with van der Waals surface area (Å²) in [6, 6.07) is 4.11. The van der Waals surface area contributed by atoms with Gasteiger partial charge in [0.05, 0.1) is 5.52 Å². The van der Waals surface area contributed by atoms with Crippen LogP contribution in [-0.4, -0.2) is 35.7 Å². The molecule has 7 heteroatoms. The number of H-pyrrole nitrogens is 1. The van der Waals surface area contributed by atoms with Crippen LogP contribution in [0.15, 0.2) is 27.4 Å². The zero-order valence-corrected chi connectivity index (χ0v) is 9.71. The van der Waals surface area contributed by atoms with Crippen molar-refractivity contribution in [2.45, 2.75) is 6.04 Å². The molecule has 4 N–H and O–H groups in total. The van der Waals surface area contributed by atoms with Gasteiger partial charge in [-0.3, -0.25) is 9.78 Å². The molecule has 2 rings (SSSR count). The quantitative estimate of drug-likeness (QED) is 0.703. The van der Waals surface area contributed by atoms with Crippen molar-refractivity contribution >= 4 is 22.8 Å². The van der Waals surface area contributed by atoms with Crippen LogP contribution in [0.4, 0.5) is 5.69 Å². The number of likely N-dealkylation sites (N-methyl/N-ethyl adjacent to an activating group) is 1. The first-order valence-electron chi connectivity index (χ1n) is 5.30. The maximum absolute atomic E-state index is 11.0. The minimum absolute atomic E-state index is 0.170. The van der Waals surface area contributed by atoms with Crippen molar-refractivity contribution in [2.75, 3.05) is 18.5 Å². The third-order valence-electron chi connectivity index (χ3n) is 2.63. The average Bonchev–Trinajstić information content (AvgIpc) is 2.67. The number of rotatable bonds is 4. The molecular weight excluding hydrogens is 238 g/mol. The highest BCUT2D eigenvalue weighted by Gasteiger charge is 2.15. The van der Waals surface area contributed by atoms with Crippen LogP contribution in [0.5, 0.6) is 0 Å². The van der Waals surface area contributed by atoms with E-state index in [9.17, 15) is 9.59 Å². The molecule has 1 aromatic carbocycles. The Balaban J connectivity index is 2.24. The molecule has 1 unspecified atom stereocenters. The van der Waals surface area contributed by atoms with E-state index in [1.54, 1.807) is 30.1 Å². The molecule has 1 aromatic heterocycles. The van der Waals surface area contributed by atoms with Gasteiger partial charge in [-0.2, -0.15) is 0 Å². The number of nitrogens with one attached hydrogen (secondary N) is 1. The molecule has 96 valence electrons. The summed E-state index contributed by atoms with van der Waals surface area (Å²) in [6.45, 7) is 0.170. The Morgan fingerprint density at radius 3 is 3.00 bits per heavy atom. The second-order valence-electron chi connectivity index (χ2n) is 4.02. The number of carboxylic acid groups (broad SMARTS) is 1. The van der Waals surface area contributed by atoms with Gasteiger partial charge >= 0.3 is 11.7 Å². The number of carboxylic acids is 1. The molecule has 7 nitrogen and oxygen atoms in total. The van der Waals surface area contributed by atoms with E-state index in [4.69, 9.17) is 15.3 Å². The van der Waals surface area contributed by atoms with Crippen molar-refractivity contribution in [1.29, 1.82) is 0 Å². The number of fused-ring (bicyclic) bond motifs is 1. The maximum Gasteiger partial charge on any atom is 0.417 e. The van der Waals surface area contributed by atoms with Crippen LogP contribution in [0.25, 0.3) is 11.1 Å². The molecule has 18 heavy (non-hydrogen) atoms.